The Labute approximate surface area is 118 Å². The zero-order valence-electron chi connectivity index (χ0n) is 11.3. The Morgan fingerprint density at radius 1 is 1.26 bits per heavy atom. The van der Waals surface area contributed by atoms with Gasteiger partial charge in [-0.2, -0.15) is 0 Å². The molecule has 2 N–H and O–H groups in total. The summed E-state index contributed by atoms with van der Waals surface area (Å²) in [6.45, 7) is 5.15. The molecule has 0 amide bonds. The Bertz CT molecular complexity index is 498. The first-order chi connectivity index (χ1) is 9.20. The maximum Gasteiger partial charge on any atom is 0.123 e. The number of aliphatic hydroxyl groups is 1. The van der Waals surface area contributed by atoms with Crippen LogP contribution in [-0.2, 0) is 6.54 Å². The Hall–Kier alpha value is -1.23. The van der Waals surface area contributed by atoms with Crippen LogP contribution in [0.1, 0.15) is 18.7 Å². The molecule has 0 aliphatic heterocycles. The summed E-state index contributed by atoms with van der Waals surface area (Å²) in [7, 11) is 0. The van der Waals surface area contributed by atoms with Gasteiger partial charge in [0.2, 0.25) is 0 Å². The molecule has 0 aliphatic carbocycles. The largest absolute Gasteiger partial charge is 0.396 e. The van der Waals surface area contributed by atoms with Gasteiger partial charge < -0.3 is 10.4 Å². The fourth-order valence-corrected chi connectivity index (χ4v) is 2.59. The van der Waals surface area contributed by atoms with Crippen molar-refractivity contribution < 1.29 is 5.11 Å². The lowest BCUT2D eigenvalue weighted by Gasteiger charge is -2.18. The molecular formula is C15H20N2OS. The molecule has 2 rings (SSSR count). The number of aromatic nitrogens is 1. The van der Waals surface area contributed by atoms with E-state index in [1.165, 1.54) is 4.88 Å². The van der Waals surface area contributed by atoms with Crippen molar-refractivity contribution in [2.45, 2.75) is 26.4 Å². The maximum atomic E-state index is 9.11. The summed E-state index contributed by atoms with van der Waals surface area (Å²) in [5.74, 6) is 0.265. The molecule has 0 aliphatic rings. The van der Waals surface area contributed by atoms with E-state index in [1.54, 1.807) is 11.3 Å². The van der Waals surface area contributed by atoms with Crippen molar-refractivity contribution in [2.24, 2.45) is 5.92 Å². The van der Waals surface area contributed by atoms with Crippen LogP contribution in [0, 0.1) is 5.92 Å². The highest BCUT2D eigenvalue weighted by molar-refractivity contribution is 7.15. The molecule has 0 spiro atoms. The van der Waals surface area contributed by atoms with E-state index in [0.717, 1.165) is 17.1 Å². The van der Waals surface area contributed by atoms with E-state index < -0.39 is 0 Å². The van der Waals surface area contributed by atoms with E-state index in [9.17, 15) is 0 Å². The predicted octanol–water partition coefficient (Wildman–Crippen LogP) is 2.92. The summed E-state index contributed by atoms with van der Waals surface area (Å²) in [6.07, 6.45) is 1.93. The minimum atomic E-state index is 0.214. The van der Waals surface area contributed by atoms with Gasteiger partial charge in [0, 0.05) is 35.8 Å². The second kappa shape index (κ2) is 6.80. The summed E-state index contributed by atoms with van der Waals surface area (Å²) < 4.78 is 0. The average molecular weight is 276 g/mol. The number of hydrogen-bond donors (Lipinski definition) is 2. The third-order valence-electron chi connectivity index (χ3n) is 3.31. The summed E-state index contributed by atoms with van der Waals surface area (Å²) in [5, 5.41) is 13.6. The van der Waals surface area contributed by atoms with Crippen molar-refractivity contribution in [3.8, 4) is 10.6 Å². The van der Waals surface area contributed by atoms with Crippen molar-refractivity contribution in [1.82, 2.24) is 10.3 Å². The average Bonchev–Trinajstić information content (AvgIpc) is 2.93. The molecule has 2 atom stereocenters. The predicted molar refractivity (Wildman–Crippen MR) is 80.1 cm³/mol. The number of rotatable bonds is 6. The van der Waals surface area contributed by atoms with Crippen LogP contribution in [-0.4, -0.2) is 22.7 Å². The molecule has 2 aromatic rings. The van der Waals surface area contributed by atoms with E-state index in [2.05, 4.69) is 29.4 Å². The lowest BCUT2D eigenvalue weighted by molar-refractivity contribution is 0.207. The molecule has 3 nitrogen and oxygen atoms in total. The van der Waals surface area contributed by atoms with Gasteiger partial charge in [-0.15, -0.1) is 11.3 Å². The SMILES string of the molecule is CC(CO)C(C)NCc1cnc(-c2ccccc2)s1. The van der Waals surface area contributed by atoms with Crippen molar-refractivity contribution in [3.63, 3.8) is 0 Å². The maximum absolute atomic E-state index is 9.11. The number of benzene rings is 1. The Kier molecular flexibility index (Phi) is 5.07. The van der Waals surface area contributed by atoms with Gasteiger partial charge in [-0.25, -0.2) is 4.98 Å². The Morgan fingerprint density at radius 2 is 2.00 bits per heavy atom. The standard InChI is InChI=1S/C15H20N2OS/c1-11(10-18)12(2)16-8-14-9-17-15(19-14)13-6-4-3-5-7-13/h3-7,9,11-12,16,18H,8,10H2,1-2H3. The summed E-state index contributed by atoms with van der Waals surface area (Å²) >= 11 is 1.71. The van der Waals surface area contributed by atoms with Gasteiger partial charge in [0.15, 0.2) is 0 Å². The zero-order valence-corrected chi connectivity index (χ0v) is 12.2. The molecule has 0 saturated heterocycles. The second-order valence-corrected chi connectivity index (χ2v) is 5.94. The van der Waals surface area contributed by atoms with Crippen molar-refractivity contribution in [1.29, 1.82) is 0 Å². The van der Waals surface area contributed by atoms with Gasteiger partial charge in [-0.05, 0) is 12.8 Å². The highest BCUT2D eigenvalue weighted by Gasteiger charge is 2.11. The number of aliphatic hydroxyl groups excluding tert-OH is 1. The molecule has 0 fully saturated rings. The fraction of sp³-hybridized carbons (Fsp3) is 0.400. The highest BCUT2D eigenvalue weighted by atomic mass is 32.1. The smallest absolute Gasteiger partial charge is 0.123 e. The van der Waals surface area contributed by atoms with E-state index >= 15 is 0 Å². The third-order valence-corrected chi connectivity index (χ3v) is 4.36. The van der Waals surface area contributed by atoms with Crippen molar-refractivity contribution >= 4 is 11.3 Å². The first-order valence-electron chi connectivity index (χ1n) is 6.55. The first kappa shape index (κ1) is 14.2. The molecule has 2 unspecified atom stereocenters. The summed E-state index contributed by atoms with van der Waals surface area (Å²) in [6, 6.07) is 10.5. The Morgan fingerprint density at radius 3 is 2.68 bits per heavy atom. The topological polar surface area (TPSA) is 45.1 Å². The quantitative estimate of drug-likeness (QED) is 0.852. The van der Waals surface area contributed by atoms with E-state index in [0.29, 0.717) is 6.04 Å². The minimum Gasteiger partial charge on any atom is -0.396 e. The molecule has 102 valence electrons. The molecule has 1 aromatic carbocycles. The molecule has 0 radical (unpaired) electrons. The number of hydrogen-bond acceptors (Lipinski definition) is 4. The van der Waals surface area contributed by atoms with Crippen LogP contribution in [0.4, 0.5) is 0 Å². The fourth-order valence-electron chi connectivity index (χ4n) is 1.72. The minimum absolute atomic E-state index is 0.214. The molecule has 0 bridgehead atoms. The van der Waals surface area contributed by atoms with Gasteiger partial charge in [0.05, 0.1) is 0 Å². The number of nitrogens with zero attached hydrogens (tertiary/aromatic N) is 1. The number of thiazole rings is 1. The normalized spacial score (nSPS) is 14.3. The molecule has 1 aromatic heterocycles. The second-order valence-electron chi connectivity index (χ2n) is 4.83. The van der Waals surface area contributed by atoms with Crippen LogP contribution in [0.15, 0.2) is 36.5 Å². The monoisotopic (exact) mass is 276 g/mol. The van der Waals surface area contributed by atoms with Gasteiger partial charge in [0.25, 0.3) is 0 Å². The van der Waals surface area contributed by atoms with Crippen LogP contribution in [0.25, 0.3) is 10.6 Å². The highest BCUT2D eigenvalue weighted by Crippen LogP contribution is 2.24. The van der Waals surface area contributed by atoms with Gasteiger partial charge in [-0.1, -0.05) is 37.3 Å². The molecule has 0 saturated carbocycles. The Balaban J connectivity index is 1.95. The summed E-state index contributed by atoms with van der Waals surface area (Å²) in [4.78, 5) is 5.68. The van der Waals surface area contributed by atoms with Crippen molar-refractivity contribution in [2.75, 3.05) is 6.61 Å². The zero-order chi connectivity index (χ0) is 13.7. The van der Waals surface area contributed by atoms with E-state index in [-0.39, 0.29) is 12.5 Å². The van der Waals surface area contributed by atoms with Gasteiger partial charge in [-0.3, -0.25) is 0 Å². The lowest BCUT2D eigenvalue weighted by Crippen LogP contribution is -2.33. The molecular weight excluding hydrogens is 256 g/mol. The van der Waals surface area contributed by atoms with Crippen LogP contribution in [0.5, 0.6) is 0 Å². The van der Waals surface area contributed by atoms with Gasteiger partial charge in [0.1, 0.15) is 5.01 Å². The van der Waals surface area contributed by atoms with E-state index in [4.69, 9.17) is 5.11 Å². The molecule has 1 heterocycles. The summed E-state index contributed by atoms with van der Waals surface area (Å²) in [5.41, 5.74) is 1.16. The van der Waals surface area contributed by atoms with Crippen molar-refractivity contribution in [3.05, 3.63) is 41.4 Å². The third kappa shape index (κ3) is 3.86. The van der Waals surface area contributed by atoms with E-state index in [1.807, 2.05) is 31.3 Å². The van der Waals surface area contributed by atoms with Crippen LogP contribution in [0.2, 0.25) is 0 Å². The van der Waals surface area contributed by atoms with Crippen LogP contribution in [0.3, 0.4) is 0 Å². The molecule has 4 heteroatoms. The first-order valence-corrected chi connectivity index (χ1v) is 7.36. The van der Waals surface area contributed by atoms with Gasteiger partial charge >= 0.3 is 0 Å². The number of nitrogens with one attached hydrogen (secondary N) is 1. The van der Waals surface area contributed by atoms with Crippen LogP contribution >= 0.6 is 11.3 Å². The van der Waals surface area contributed by atoms with Crippen LogP contribution < -0.4 is 5.32 Å². The lowest BCUT2D eigenvalue weighted by atomic mass is 10.1. The molecule has 19 heavy (non-hydrogen) atoms.